The summed E-state index contributed by atoms with van der Waals surface area (Å²) in [7, 11) is -3.93. The summed E-state index contributed by atoms with van der Waals surface area (Å²) in [6.45, 7) is 5.31. The second kappa shape index (κ2) is 8.69. The van der Waals surface area contributed by atoms with E-state index >= 15 is 4.39 Å². The molecular weight excluding hydrogens is 424 g/mol. The molecule has 12 nitrogen and oxygen atoms in total. The predicted molar refractivity (Wildman–Crippen MR) is 102 cm³/mol. The lowest BCUT2D eigenvalue weighted by molar-refractivity contribution is -0.276. The lowest BCUT2D eigenvalue weighted by atomic mass is 10.2. The van der Waals surface area contributed by atoms with E-state index in [2.05, 4.69) is 15.0 Å². The molecule has 1 aliphatic heterocycles. The van der Waals surface area contributed by atoms with Gasteiger partial charge in [-0.25, -0.2) is 13.9 Å². The summed E-state index contributed by atoms with van der Waals surface area (Å²) in [6, 6.07) is 0. The number of phosphoric acid groups is 1. The summed E-state index contributed by atoms with van der Waals surface area (Å²) in [6.07, 6.45) is -1.77. The van der Waals surface area contributed by atoms with Crippen molar-refractivity contribution in [3.63, 3.8) is 0 Å². The van der Waals surface area contributed by atoms with E-state index in [4.69, 9.17) is 28.8 Å². The van der Waals surface area contributed by atoms with Crippen molar-refractivity contribution in [2.24, 2.45) is 0 Å². The zero-order valence-corrected chi connectivity index (χ0v) is 17.9. The van der Waals surface area contributed by atoms with Gasteiger partial charge in [0.1, 0.15) is 12.7 Å². The Kier molecular flexibility index (Phi) is 6.60. The molecular formula is C16H25FN5O7P. The third-order valence-electron chi connectivity index (χ3n) is 4.14. The molecule has 1 aliphatic rings. The summed E-state index contributed by atoms with van der Waals surface area (Å²) in [4.78, 5) is 12.2. The minimum atomic E-state index is -3.93. The first kappa shape index (κ1) is 22.8. The van der Waals surface area contributed by atoms with Crippen LogP contribution in [0, 0.1) is 0 Å². The SMILES string of the molecule is CCOc1nc(N)nc2c1ncn2[C@@H](CO)O[C@]1(F)CO[P@@](=O)(OC(C)C)O[C@H]1C. The van der Waals surface area contributed by atoms with Gasteiger partial charge in [-0.2, -0.15) is 9.97 Å². The topological polar surface area (TPSA) is 153 Å². The molecule has 1 saturated heterocycles. The van der Waals surface area contributed by atoms with Crippen LogP contribution in [0.15, 0.2) is 6.33 Å². The number of nitrogen functional groups attached to an aromatic ring is 1. The Morgan fingerprint density at radius 3 is 2.83 bits per heavy atom. The summed E-state index contributed by atoms with van der Waals surface area (Å²) in [5.74, 6) is -2.49. The average molecular weight is 449 g/mol. The molecule has 2 aromatic heterocycles. The molecule has 0 aromatic carbocycles. The van der Waals surface area contributed by atoms with Crippen molar-refractivity contribution in [3.05, 3.63) is 6.33 Å². The molecule has 14 heteroatoms. The Bertz CT molecular complexity index is 944. The molecule has 0 unspecified atom stereocenters. The van der Waals surface area contributed by atoms with Crippen LogP contribution < -0.4 is 10.5 Å². The number of ether oxygens (including phenoxy) is 2. The van der Waals surface area contributed by atoms with Crippen molar-refractivity contribution < 1.29 is 37.1 Å². The number of rotatable bonds is 8. The van der Waals surface area contributed by atoms with Crippen LogP contribution in [0.2, 0.25) is 0 Å². The molecule has 3 rings (SSSR count). The first-order valence-electron chi connectivity index (χ1n) is 9.32. The Morgan fingerprint density at radius 2 is 2.23 bits per heavy atom. The van der Waals surface area contributed by atoms with Gasteiger partial charge in [0.05, 0.1) is 25.6 Å². The average Bonchev–Trinajstić information content (AvgIpc) is 3.07. The van der Waals surface area contributed by atoms with Crippen molar-refractivity contribution in [3.8, 4) is 5.88 Å². The highest BCUT2D eigenvalue weighted by Crippen LogP contribution is 2.57. The van der Waals surface area contributed by atoms with Gasteiger partial charge >= 0.3 is 7.82 Å². The molecule has 0 spiro atoms. The van der Waals surface area contributed by atoms with E-state index in [-0.39, 0.29) is 23.0 Å². The maximum atomic E-state index is 15.5. The van der Waals surface area contributed by atoms with Crippen LogP contribution in [0.25, 0.3) is 11.2 Å². The molecule has 2 aromatic rings. The summed E-state index contributed by atoms with van der Waals surface area (Å²) in [5.41, 5.74) is 6.16. The van der Waals surface area contributed by atoms with Gasteiger partial charge in [0, 0.05) is 0 Å². The number of aliphatic hydroxyl groups excluding tert-OH is 1. The van der Waals surface area contributed by atoms with Gasteiger partial charge < -0.3 is 20.3 Å². The Hall–Kier alpha value is -1.89. The van der Waals surface area contributed by atoms with E-state index in [0.29, 0.717) is 6.61 Å². The zero-order chi connectivity index (χ0) is 22.1. The monoisotopic (exact) mass is 449 g/mol. The molecule has 1 fully saturated rings. The highest BCUT2D eigenvalue weighted by Gasteiger charge is 2.52. The fraction of sp³-hybridized carbons (Fsp3) is 0.688. The number of aliphatic hydroxyl groups is 1. The minimum absolute atomic E-state index is 0.0937. The molecule has 4 atom stereocenters. The van der Waals surface area contributed by atoms with E-state index in [1.165, 1.54) is 17.8 Å². The fourth-order valence-corrected chi connectivity index (χ4v) is 4.36. The van der Waals surface area contributed by atoms with Crippen molar-refractivity contribution in [1.82, 2.24) is 19.5 Å². The molecule has 0 bridgehead atoms. The van der Waals surface area contributed by atoms with Gasteiger partial charge in [-0.3, -0.25) is 18.1 Å². The van der Waals surface area contributed by atoms with Crippen LogP contribution in [-0.4, -0.2) is 62.5 Å². The normalized spacial score (nSPS) is 28.2. The van der Waals surface area contributed by atoms with Crippen LogP contribution in [0.4, 0.5) is 10.3 Å². The highest BCUT2D eigenvalue weighted by molar-refractivity contribution is 7.48. The van der Waals surface area contributed by atoms with Crippen molar-refractivity contribution >= 4 is 24.9 Å². The quantitative estimate of drug-likeness (QED) is 0.569. The van der Waals surface area contributed by atoms with Gasteiger partial charge in [0.25, 0.3) is 5.85 Å². The maximum absolute atomic E-state index is 15.5. The zero-order valence-electron chi connectivity index (χ0n) is 17.0. The maximum Gasteiger partial charge on any atom is 0.475 e. The van der Waals surface area contributed by atoms with Crippen LogP contribution in [0.1, 0.15) is 33.9 Å². The van der Waals surface area contributed by atoms with E-state index in [1.807, 2.05) is 0 Å². The molecule has 30 heavy (non-hydrogen) atoms. The number of fused-ring (bicyclic) bond motifs is 1. The van der Waals surface area contributed by atoms with Gasteiger partial charge in [-0.1, -0.05) is 0 Å². The van der Waals surface area contributed by atoms with Gasteiger partial charge in [0.15, 0.2) is 17.4 Å². The number of aromatic nitrogens is 4. The second-order valence-electron chi connectivity index (χ2n) is 6.81. The second-order valence-corrected chi connectivity index (χ2v) is 8.38. The smallest absolute Gasteiger partial charge is 0.475 e. The molecule has 3 N–H and O–H groups in total. The number of hydrogen-bond donors (Lipinski definition) is 2. The minimum Gasteiger partial charge on any atom is -0.476 e. The first-order valence-corrected chi connectivity index (χ1v) is 10.8. The van der Waals surface area contributed by atoms with Crippen LogP contribution >= 0.6 is 7.82 Å². The van der Waals surface area contributed by atoms with E-state index in [0.717, 1.165) is 0 Å². The van der Waals surface area contributed by atoms with Crippen molar-refractivity contribution in [2.75, 3.05) is 25.6 Å². The highest BCUT2D eigenvalue weighted by atomic mass is 31.2. The van der Waals surface area contributed by atoms with Crippen LogP contribution in [-0.2, 0) is 22.9 Å². The number of phosphoric ester groups is 1. The Morgan fingerprint density at radius 1 is 1.50 bits per heavy atom. The lowest BCUT2D eigenvalue weighted by Crippen LogP contribution is -2.49. The van der Waals surface area contributed by atoms with Crippen molar-refractivity contribution in [1.29, 1.82) is 0 Å². The molecule has 0 radical (unpaired) electrons. The van der Waals surface area contributed by atoms with Gasteiger partial charge in [-0.05, 0) is 27.7 Å². The molecule has 3 heterocycles. The van der Waals surface area contributed by atoms with Crippen LogP contribution in [0.3, 0.4) is 0 Å². The number of nitrogens with zero attached hydrogens (tertiary/aromatic N) is 4. The molecule has 0 amide bonds. The number of hydrogen-bond acceptors (Lipinski definition) is 11. The molecule has 168 valence electrons. The number of anilines is 1. The standard InChI is InChI=1S/C16H25FN5O7P/c1-5-25-14-12-13(20-15(18)21-14)22(8-19-12)11(6-23)27-16(17)7-26-30(24,28-9(2)3)29-10(16)4/h8-11,23H,5-7H2,1-4H3,(H2,18,20,21)/t10-,11+,16+,30-/m0/s1. The summed E-state index contributed by atoms with van der Waals surface area (Å²) >= 11 is 0. The third-order valence-corrected chi connectivity index (χ3v) is 5.84. The number of imidazole rings is 1. The molecule has 0 saturated carbocycles. The largest absolute Gasteiger partial charge is 0.476 e. The summed E-state index contributed by atoms with van der Waals surface area (Å²) in [5, 5.41) is 9.84. The fourth-order valence-electron chi connectivity index (χ4n) is 2.79. The molecule has 0 aliphatic carbocycles. The van der Waals surface area contributed by atoms with Crippen LogP contribution in [0.5, 0.6) is 5.88 Å². The van der Waals surface area contributed by atoms with E-state index in [1.54, 1.807) is 20.8 Å². The lowest BCUT2D eigenvalue weighted by Gasteiger charge is -2.39. The van der Waals surface area contributed by atoms with Gasteiger partial charge in [0.2, 0.25) is 11.8 Å². The Balaban J connectivity index is 1.86. The Labute approximate surface area is 172 Å². The van der Waals surface area contributed by atoms with Crippen molar-refractivity contribution in [2.45, 2.75) is 52.0 Å². The van der Waals surface area contributed by atoms with Gasteiger partial charge in [-0.15, -0.1) is 0 Å². The number of halogens is 1. The first-order chi connectivity index (χ1) is 14.1. The predicted octanol–water partition coefficient (Wildman–Crippen LogP) is 1.95. The number of nitrogens with two attached hydrogens (primary N) is 1. The van der Waals surface area contributed by atoms with E-state index < -0.39 is 45.3 Å². The number of alkyl halides is 1. The van der Waals surface area contributed by atoms with E-state index in [9.17, 15) is 9.67 Å². The summed E-state index contributed by atoms with van der Waals surface area (Å²) < 4.78 is 55.4. The third kappa shape index (κ3) is 4.56.